The summed E-state index contributed by atoms with van der Waals surface area (Å²) >= 11 is 0. The zero-order valence-electron chi connectivity index (χ0n) is 13.3. The maximum Gasteiger partial charge on any atom is 0.295 e. The van der Waals surface area contributed by atoms with Crippen molar-refractivity contribution in [3.8, 4) is 5.69 Å². The first-order valence-corrected chi connectivity index (χ1v) is 8.34. The molecule has 2 aromatic rings. The Morgan fingerprint density at radius 1 is 1.17 bits per heavy atom. The van der Waals surface area contributed by atoms with Gasteiger partial charge in [0.2, 0.25) is 0 Å². The van der Waals surface area contributed by atoms with Crippen molar-refractivity contribution in [3.05, 3.63) is 41.0 Å². The molecule has 0 spiro atoms. The van der Waals surface area contributed by atoms with E-state index in [1.807, 2.05) is 12.3 Å². The minimum Gasteiger partial charge on any atom is -0.361 e. The summed E-state index contributed by atoms with van der Waals surface area (Å²) in [5, 5.41) is 11.5. The van der Waals surface area contributed by atoms with Crippen molar-refractivity contribution >= 4 is 23.3 Å². The fraction of sp³-hybridized carbons (Fsp3) is 0.412. The highest BCUT2D eigenvalue weighted by atomic mass is 16.6. The predicted molar refractivity (Wildman–Crippen MR) is 92.6 cm³/mol. The Morgan fingerprint density at radius 3 is 2.71 bits per heavy atom. The molecule has 1 aliphatic carbocycles. The molecule has 0 bridgehead atoms. The summed E-state index contributed by atoms with van der Waals surface area (Å²) in [5.74, 6) is 0. The van der Waals surface area contributed by atoms with E-state index in [4.69, 9.17) is 0 Å². The lowest BCUT2D eigenvalue weighted by molar-refractivity contribution is -0.384. The molecular weight excluding hydrogens is 306 g/mol. The van der Waals surface area contributed by atoms with Gasteiger partial charge in [-0.3, -0.25) is 15.1 Å². The number of rotatable bonds is 3. The standard InChI is InChI=1S/C17H19N5O2/c23-22(24)17-10-14-15(11-16(17)20-8-6-18-12-20)21(9-7-19-14)13-4-2-1-3-5-13/h6-8,10-13H,1-5,9H2. The van der Waals surface area contributed by atoms with Crippen LogP contribution in [0, 0.1) is 10.1 Å². The number of hydrogen-bond acceptors (Lipinski definition) is 5. The molecule has 0 amide bonds. The van der Waals surface area contributed by atoms with Gasteiger partial charge in [0.15, 0.2) is 0 Å². The van der Waals surface area contributed by atoms with Crippen molar-refractivity contribution < 1.29 is 4.92 Å². The molecule has 7 heteroatoms. The van der Waals surface area contributed by atoms with E-state index in [9.17, 15) is 10.1 Å². The molecule has 0 saturated heterocycles. The van der Waals surface area contributed by atoms with Gasteiger partial charge >= 0.3 is 0 Å². The lowest BCUT2D eigenvalue weighted by Crippen LogP contribution is -2.39. The number of benzene rings is 1. The fourth-order valence-corrected chi connectivity index (χ4v) is 3.71. The molecule has 1 saturated carbocycles. The van der Waals surface area contributed by atoms with E-state index >= 15 is 0 Å². The van der Waals surface area contributed by atoms with Crippen LogP contribution < -0.4 is 4.90 Å². The van der Waals surface area contributed by atoms with Crippen molar-refractivity contribution in [3.63, 3.8) is 0 Å². The number of imidazole rings is 1. The molecule has 1 aromatic carbocycles. The number of fused-ring (bicyclic) bond motifs is 1. The van der Waals surface area contributed by atoms with Gasteiger partial charge in [-0.25, -0.2) is 4.98 Å². The van der Waals surface area contributed by atoms with Crippen LogP contribution in [-0.2, 0) is 0 Å². The highest BCUT2D eigenvalue weighted by molar-refractivity contribution is 5.85. The predicted octanol–water partition coefficient (Wildman–Crippen LogP) is 3.64. The third-order valence-electron chi connectivity index (χ3n) is 4.88. The first-order valence-electron chi connectivity index (χ1n) is 8.34. The van der Waals surface area contributed by atoms with Gasteiger partial charge in [0.1, 0.15) is 5.69 Å². The second-order valence-electron chi connectivity index (χ2n) is 6.31. The van der Waals surface area contributed by atoms with Crippen LogP contribution in [0.25, 0.3) is 5.69 Å². The largest absolute Gasteiger partial charge is 0.361 e. The Kier molecular flexibility index (Phi) is 3.76. The third-order valence-corrected chi connectivity index (χ3v) is 4.88. The third kappa shape index (κ3) is 2.55. The topological polar surface area (TPSA) is 76.6 Å². The van der Waals surface area contributed by atoms with Crippen molar-refractivity contribution in [2.24, 2.45) is 4.99 Å². The molecule has 4 rings (SSSR count). The molecule has 0 N–H and O–H groups in total. The van der Waals surface area contributed by atoms with E-state index in [2.05, 4.69) is 14.9 Å². The van der Waals surface area contributed by atoms with E-state index in [0.717, 1.165) is 12.2 Å². The molecule has 24 heavy (non-hydrogen) atoms. The molecule has 7 nitrogen and oxygen atoms in total. The Hall–Kier alpha value is -2.70. The number of nitro groups is 1. The van der Waals surface area contributed by atoms with Crippen LogP contribution in [0.4, 0.5) is 17.1 Å². The maximum absolute atomic E-state index is 11.5. The minimum atomic E-state index is -0.356. The second-order valence-corrected chi connectivity index (χ2v) is 6.31. The molecule has 1 fully saturated rings. The summed E-state index contributed by atoms with van der Waals surface area (Å²) in [6, 6.07) is 3.96. The molecule has 1 aromatic heterocycles. The Bertz CT molecular complexity index is 779. The highest BCUT2D eigenvalue weighted by Gasteiger charge is 2.28. The van der Waals surface area contributed by atoms with E-state index < -0.39 is 0 Å². The van der Waals surface area contributed by atoms with Gasteiger partial charge < -0.3 is 9.47 Å². The van der Waals surface area contributed by atoms with Crippen molar-refractivity contribution in [1.29, 1.82) is 0 Å². The van der Waals surface area contributed by atoms with Crippen LogP contribution in [-0.4, -0.2) is 33.3 Å². The molecule has 2 aliphatic rings. The molecule has 2 heterocycles. The van der Waals surface area contributed by atoms with Gasteiger partial charge in [0, 0.05) is 30.7 Å². The van der Waals surface area contributed by atoms with Crippen LogP contribution in [0.1, 0.15) is 32.1 Å². The van der Waals surface area contributed by atoms with E-state index in [1.54, 1.807) is 29.4 Å². The summed E-state index contributed by atoms with van der Waals surface area (Å²) < 4.78 is 1.69. The summed E-state index contributed by atoms with van der Waals surface area (Å²) in [4.78, 5) is 21.9. The molecule has 124 valence electrons. The van der Waals surface area contributed by atoms with Crippen molar-refractivity contribution in [2.45, 2.75) is 38.1 Å². The number of aromatic nitrogens is 2. The van der Waals surface area contributed by atoms with E-state index in [0.29, 0.717) is 17.4 Å². The van der Waals surface area contributed by atoms with Gasteiger partial charge in [-0.15, -0.1) is 0 Å². The van der Waals surface area contributed by atoms with Gasteiger partial charge in [0.05, 0.1) is 29.2 Å². The lowest BCUT2D eigenvalue weighted by atomic mass is 9.93. The second kappa shape index (κ2) is 6.07. The monoisotopic (exact) mass is 325 g/mol. The zero-order chi connectivity index (χ0) is 16.5. The lowest BCUT2D eigenvalue weighted by Gasteiger charge is -2.37. The number of nitro benzene ring substituents is 1. The van der Waals surface area contributed by atoms with E-state index in [-0.39, 0.29) is 10.6 Å². The van der Waals surface area contributed by atoms with Crippen LogP contribution in [0.3, 0.4) is 0 Å². The zero-order valence-corrected chi connectivity index (χ0v) is 13.3. The number of aliphatic imine (C=N–C) groups is 1. The molecule has 0 atom stereocenters. The van der Waals surface area contributed by atoms with Crippen LogP contribution in [0.15, 0.2) is 35.8 Å². The normalized spacial score (nSPS) is 17.8. The summed E-state index contributed by atoms with van der Waals surface area (Å²) in [5.41, 5.74) is 2.25. The van der Waals surface area contributed by atoms with Crippen LogP contribution in [0.2, 0.25) is 0 Å². The van der Waals surface area contributed by atoms with E-state index in [1.165, 1.54) is 32.1 Å². The van der Waals surface area contributed by atoms with Crippen molar-refractivity contribution in [2.75, 3.05) is 11.4 Å². The van der Waals surface area contributed by atoms with Gasteiger partial charge in [-0.1, -0.05) is 19.3 Å². The minimum absolute atomic E-state index is 0.0504. The average molecular weight is 325 g/mol. The number of anilines is 1. The van der Waals surface area contributed by atoms with Crippen LogP contribution in [0.5, 0.6) is 0 Å². The SMILES string of the molecule is O=[N+]([O-])c1cc2c(cc1-n1ccnc1)N(C1CCCCC1)CC=N2. The molecule has 0 unspecified atom stereocenters. The van der Waals surface area contributed by atoms with Crippen LogP contribution >= 0.6 is 0 Å². The Morgan fingerprint density at radius 2 is 2.00 bits per heavy atom. The highest BCUT2D eigenvalue weighted by Crippen LogP contribution is 2.41. The number of hydrogen-bond donors (Lipinski definition) is 0. The Labute approximate surface area is 139 Å². The summed E-state index contributed by atoms with van der Waals surface area (Å²) in [6.45, 7) is 0.763. The fourth-order valence-electron chi connectivity index (χ4n) is 3.71. The average Bonchev–Trinajstić information content (AvgIpc) is 3.15. The smallest absolute Gasteiger partial charge is 0.295 e. The molecular formula is C17H19N5O2. The first-order chi connectivity index (χ1) is 11.7. The van der Waals surface area contributed by atoms with Crippen molar-refractivity contribution in [1.82, 2.24) is 9.55 Å². The molecule has 1 aliphatic heterocycles. The summed E-state index contributed by atoms with van der Waals surface area (Å²) in [6.07, 6.45) is 12.9. The maximum atomic E-state index is 11.5. The molecule has 0 radical (unpaired) electrons. The quantitative estimate of drug-likeness (QED) is 0.638. The van der Waals surface area contributed by atoms with Gasteiger partial charge in [0.25, 0.3) is 5.69 Å². The first kappa shape index (κ1) is 14.9. The van der Waals surface area contributed by atoms with Gasteiger partial charge in [-0.2, -0.15) is 0 Å². The van der Waals surface area contributed by atoms with Gasteiger partial charge in [-0.05, 0) is 18.9 Å². The number of nitrogens with zero attached hydrogens (tertiary/aromatic N) is 5. The Balaban J connectivity index is 1.82. The summed E-state index contributed by atoms with van der Waals surface area (Å²) in [7, 11) is 0.